The number of carbonyl (C=O) groups is 1. The van der Waals surface area contributed by atoms with Crippen LogP contribution in [0, 0.1) is 27.7 Å². The molecule has 0 saturated carbocycles. The molecule has 1 aromatic carbocycles. The van der Waals surface area contributed by atoms with Gasteiger partial charge in [-0.15, -0.1) is 0 Å². The third-order valence-corrected chi connectivity index (χ3v) is 4.82. The molecule has 2 aromatic heterocycles. The molecular weight excluding hydrogens is 326 g/mol. The molecule has 3 aromatic rings. The van der Waals surface area contributed by atoms with Crippen LogP contribution < -0.4 is 5.32 Å². The van der Waals surface area contributed by atoms with E-state index in [9.17, 15) is 4.79 Å². The summed E-state index contributed by atoms with van der Waals surface area (Å²) in [6.45, 7) is 7.90. The Morgan fingerprint density at radius 3 is 2.31 bits per heavy atom. The first-order valence-corrected chi connectivity index (χ1v) is 8.79. The van der Waals surface area contributed by atoms with Gasteiger partial charge in [-0.25, -0.2) is 4.68 Å². The molecule has 0 unspecified atom stereocenters. The van der Waals surface area contributed by atoms with E-state index < -0.39 is 0 Å². The van der Waals surface area contributed by atoms with Crippen molar-refractivity contribution >= 4 is 11.6 Å². The molecule has 0 radical (unpaired) electrons. The first-order chi connectivity index (χ1) is 12.4. The minimum atomic E-state index is -0.00790. The molecule has 26 heavy (non-hydrogen) atoms. The van der Waals surface area contributed by atoms with Gasteiger partial charge in [-0.1, -0.05) is 18.2 Å². The average Bonchev–Trinajstić information content (AvgIpc) is 3.03. The van der Waals surface area contributed by atoms with Gasteiger partial charge in [0.15, 0.2) is 0 Å². The van der Waals surface area contributed by atoms with Crippen LogP contribution in [0.3, 0.4) is 0 Å². The van der Waals surface area contributed by atoms with Gasteiger partial charge in [0.1, 0.15) is 0 Å². The molecule has 3 rings (SSSR count). The second kappa shape index (κ2) is 7.15. The molecule has 2 heterocycles. The van der Waals surface area contributed by atoms with Gasteiger partial charge in [-0.3, -0.25) is 9.48 Å². The average molecular weight is 351 g/mol. The molecule has 0 saturated heterocycles. The van der Waals surface area contributed by atoms with Crippen molar-refractivity contribution in [2.45, 2.75) is 40.5 Å². The van der Waals surface area contributed by atoms with Crippen LogP contribution in [0.2, 0.25) is 0 Å². The zero-order valence-corrected chi connectivity index (χ0v) is 16.0. The SMILES string of the molecule is Cc1nn(C)c(C)c1CCC(=O)Nc1c(C)nn(-c2ccccc2)c1C. The van der Waals surface area contributed by atoms with E-state index in [1.807, 2.05) is 74.4 Å². The molecule has 0 aliphatic heterocycles. The number of benzene rings is 1. The predicted octanol–water partition coefficient (Wildman–Crippen LogP) is 3.41. The minimum Gasteiger partial charge on any atom is -0.323 e. The summed E-state index contributed by atoms with van der Waals surface area (Å²) >= 11 is 0. The van der Waals surface area contributed by atoms with E-state index in [-0.39, 0.29) is 5.91 Å². The molecule has 0 fully saturated rings. The Balaban J connectivity index is 1.73. The van der Waals surface area contributed by atoms with Gasteiger partial charge < -0.3 is 5.32 Å². The maximum absolute atomic E-state index is 12.5. The van der Waals surface area contributed by atoms with Crippen LogP contribution >= 0.6 is 0 Å². The summed E-state index contributed by atoms with van der Waals surface area (Å²) in [6.07, 6.45) is 1.10. The summed E-state index contributed by atoms with van der Waals surface area (Å²) in [5.41, 5.74) is 6.76. The highest BCUT2D eigenvalue weighted by atomic mass is 16.1. The topological polar surface area (TPSA) is 64.7 Å². The fourth-order valence-corrected chi connectivity index (χ4v) is 3.26. The molecule has 136 valence electrons. The van der Waals surface area contributed by atoms with Crippen LogP contribution in [0.15, 0.2) is 30.3 Å². The molecule has 6 heteroatoms. The lowest BCUT2D eigenvalue weighted by atomic mass is 10.1. The number of nitrogens with zero attached hydrogens (tertiary/aromatic N) is 4. The summed E-state index contributed by atoms with van der Waals surface area (Å²) in [4.78, 5) is 12.5. The van der Waals surface area contributed by atoms with E-state index in [1.165, 1.54) is 0 Å². The third kappa shape index (κ3) is 3.40. The standard InChI is InChI=1S/C20H25N5O/c1-13-18(15(3)24(5)22-13)11-12-19(26)21-20-14(2)23-25(16(20)4)17-9-7-6-8-10-17/h6-10H,11-12H2,1-5H3,(H,21,26). The molecule has 1 amide bonds. The van der Waals surface area contributed by atoms with Crippen LogP contribution in [-0.4, -0.2) is 25.5 Å². The number of rotatable bonds is 5. The predicted molar refractivity (Wildman–Crippen MR) is 103 cm³/mol. The smallest absolute Gasteiger partial charge is 0.224 e. The van der Waals surface area contributed by atoms with Crippen molar-refractivity contribution in [3.05, 3.63) is 58.7 Å². The second-order valence-electron chi connectivity index (χ2n) is 6.61. The van der Waals surface area contributed by atoms with Gasteiger partial charge >= 0.3 is 0 Å². The summed E-state index contributed by atoms with van der Waals surface area (Å²) in [5, 5.41) is 12.0. The minimum absolute atomic E-state index is 0.00790. The van der Waals surface area contributed by atoms with E-state index in [2.05, 4.69) is 15.5 Å². The molecule has 0 atom stereocenters. The maximum Gasteiger partial charge on any atom is 0.224 e. The highest BCUT2D eigenvalue weighted by molar-refractivity contribution is 5.92. The van der Waals surface area contributed by atoms with Gasteiger partial charge in [-0.2, -0.15) is 10.2 Å². The number of amides is 1. The highest BCUT2D eigenvalue weighted by Crippen LogP contribution is 2.23. The van der Waals surface area contributed by atoms with Crippen molar-refractivity contribution in [2.75, 3.05) is 5.32 Å². The monoisotopic (exact) mass is 351 g/mol. The fraction of sp³-hybridized carbons (Fsp3) is 0.350. The summed E-state index contributed by atoms with van der Waals surface area (Å²) in [6, 6.07) is 9.92. The Hall–Kier alpha value is -2.89. The normalized spacial score (nSPS) is 11.0. The first kappa shape index (κ1) is 17.9. The van der Waals surface area contributed by atoms with Crippen molar-refractivity contribution in [3.8, 4) is 5.69 Å². The molecule has 6 nitrogen and oxygen atoms in total. The Bertz CT molecular complexity index is 937. The Morgan fingerprint density at radius 2 is 1.69 bits per heavy atom. The quantitative estimate of drug-likeness (QED) is 0.766. The van der Waals surface area contributed by atoms with E-state index in [0.717, 1.165) is 39.7 Å². The largest absolute Gasteiger partial charge is 0.323 e. The molecule has 0 aliphatic rings. The van der Waals surface area contributed by atoms with Crippen molar-refractivity contribution in [3.63, 3.8) is 0 Å². The number of carbonyl (C=O) groups excluding carboxylic acids is 1. The van der Waals surface area contributed by atoms with Crippen molar-refractivity contribution in [2.24, 2.45) is 7.05 Å². The van der Waals surface area contributed by atoms with Gasteiger partial charge in [0, 0.05) is 19.2 Å². The zero-order chi connectivity index (χ0) is 18.8. The number of hydrogen-bond acceptors (Lipinski definition) is 3. The first-order valence-electron chi connectivity index (χ1n) is 8.79. The van der Waals surface area contributed by atoms with Crippen molar-refractivity contribution in [1.82, 2.24) is 19.6 Å². The number of para-hydroxylation sites is 1. The second-order valence-corrected chi connectivity index (χ2v) is 6.61. The summed E-state index contributed by atoms with van der Waals surface area (Å²) in [5.74, 6) is -0.00790. The highest BCUT2D eigenvalue weighted by Gasteiger charge is 2.16. The van der Waals surface area contributed by atoms with Crippen LogP contribution in [0.5, 0.6) is 0 Å². The Kier molecular flexibility index (Phi) is 4.93. The molecule has 1 N–H and O–H groups in total. The molecule has 0 bridgehead atoms. The van der Waals surface area contributed by atoms with E-state index in [1.54, 1.807) is 0 Å². The lowest BCUT2D eigenvalue weighted by Crippen LogP contribution is -2.14. The van der Waals surface area contributed by atoms with Crippen LogP contribution in [0.1, 0.15) is 34.8 Å². The van der Waals surface area contributed by atoms with Crippen LogP contribution in [-0.2, 0) is 18.3 Å². The number of hydrogen-bond donors (Lipinski definition) is 1. The van der Waals surface area contributed by atoms with Crippen LogP contribution in [0.4, 0.5) is 5.69 Å². The van der Waals surface area contributed by atoms with Gasteiger partial charge in [0.25, 0.3) is 0 Å². The lowest BCUT2D eigenvalue weighted by molar-refractivity contribution is -0.116. The Labute approximate surface area is 153 Å². The lowest BCUT2D eigenvalue weighted by Gasteiger charge is -2.07. The summed E-state index contributed by atoms with van der Waals surface area (Å²) in [7, 11) is 1.93. The maximum atomic E-state index is 12.5. The van der Waals surface area contributed by atoms with Crippen molar-refractivity contribution in [1.29, 1.82) is 0 Å². The molecule has 0 aliphatic carbocycles. The number of anilines is 1. The zero-order valence-electron chi connectivity index (χ0n) is 16.0. The molecular formula is C20H25N5O. The Morgan fingerprint density at radius 1 is 1.00 bits per heavy atom. The third-order valence-electron chi connectivity index (χ3n) is 4.82. The van der Waals surface area contributed by atoms with Crippen LogP contribution in [0.25, 0.3) is 5.69 Å². The van der Waals surface area contributed by atoms with E-state index in [4.69, 9.17) is 0 Å². The van der Waals surface area contributed by atoms with Crippen molar-refractivity contribution < 1.29 is 4.79 Å². The number of aromatic nitrogens is 4. The van der Waals surface area contributed by atoms with Gasteiger partial charge in [0.05, 0.1) is 28.5 Å². The van der Waals surface area contributed by atoms with Gasteiger partial charge in [0.2, 0.25) is 5.91 Å². The summed E-state index contributed by atoms with van der Waals surface area (Å²) < 4.78 is 3.72. The molecule has 0 spiro atoms. The number of nitrogens with one attached hydrogen (secondary N) is 1. The van der Waals surface area contributed by atoms with E-state index >= 15 is 0 Å². The van der Waals surface area contributed by atoms with E-state index in [0.29, 0.717) is 12.8 Å². The number of aryl methyl sites for hydroxylation is 3. The fourth-order valence-electron chi connectivity index (χ4n) is 3.26. The van der Waals surface area contributed by atoms with Gasteiger partial charge in [-0.05, 0) is 51.8 Å².